The summed E-state index contributed by atoms with van der Waals surface area (Å²) in [6, 6.07) is 8.02. The minimum atomic E-state index is -0.596. The molecule has 0 unspecified atom stereocenters. The van der Waals surface area contributed by atoms with Crippen molar-refractivity contribution in [1.29, 1.82) is 0 Å². The predicted octanol–water partition coefficient (Wildman–Crippen LogP) is 4.64. The van der Waals surface area contributed by atoms with Gasteiger partial charge in [-0.1, -0.05) is 25.2 Å². The van der Waals surface area contributed by atoms with Gasteiger partial charge in [0.1, 0.15) is 11.3 Å². The number of benzene rings is 2. The average molecular weight is 525 g/mol. The van der Waals surface area contributed by atoms with Crippen molar-refractivity contribution in [3.63, 3.8) is 0 Å². The van der Waals surface area contributed by atoms with Crippen molar-refractivity contribution in [2.75, 3.05) is 52.4 Å². The predicted molar refractivity (Wildman–Crippen MR) is 139 cm³/mol. The summed E-state index contributed by atoms with van der Waals surface area (Å²) in [6.45, 7) is 6.60. The van der Waals surface area contributed by atoms with Crippen LogP contribution < -0.4 is 19.1 Å². The van der Waals surface area contributed by atoms with E-state index in [1.54, 1.807) is 13.2 Å². The van der Waals surface area contributed by atoms with E-state index in [1.807, 2.05) is 26.0 Å². The van der Waals surface area contributed by atoms with Crippen LogP contribution in [-0.4, -0.2) is 68.2 Å². The van der Waals surface area contributed by atoms with E-state index in [4.69, 9.17) is 14.2 Å². The maximum atomic E-state index is 13.8. The lowest BCUT2D eigenvalue weighted by Crippen LogP contribution is -2.39. The molecule has 10 nitrogen and oxygen atoms in total. The highest BCUT2D eigenvalue weighted by molar-refractivity contribution is 7.22. The molecule has 0 saturated carbocycles. The first-order chi connectivity index (χ1) is 16.4. The zero-order chi connectivity index (χ0) is 24.8. The van der Waals surface area contributed by atoms with E-state index in [0.29, 0.717) is 29.5 Å². The Morgan fingerprint density at radius 3 is 2.26 bits per heavy atom. The van der Waals surface area contributed by atoms with Crippen molar-refractivity contribution in [2.24, 2.45) is 0 Å². The Balaban J connectivity index is 0.00000432. The number of nitro groups is 1. The molecule has 0 radical (unpaired) electrons. The number of nitro benzene ring substituents is 1. The Bertz CT molecular complexity index is 1180. The van der Waals surface area contributed by atoms with Gasteiger partial charge in [-0.3, -0.25) is 19.8 Å². The molecule has 35 heavy (non-hydrogen) atoms. The molecule has 0 spiro atoms. The van der Waals surface area contributed by atoms with Crippen LogP contribution in [0.1, 0.15) is 24.2 Å². The van der Waals surface area contributed by atoms with Crippen molar-refractivity contribution < 1.29 is 23.9 Å². The lowest BCUT2D eigenvalue weighted by atomic mass is 10.1. The third-order valence-electron chi connectivity index (χ3n) is 5.52. The van der Waals surface area contributed by atoms with Gasteiger partial charge in [0.15, 0.2) is 16.6 Å². The number of hydrogen-bond acceptors (Lipinski definition) is 9. The van der Waals surface area contributed by atoms with Gasteiger partial charge >= 0.3 is 0 Å². The average Bonchev–Trinajstić information content (AvgIpc) is 3.28. The summed E-state index contributed by atoms with van der Waals surface area (Å²) in [5.41, 5.74) is 0.251. The van der Waals surface area contributed by atoms with Gasteiger partial charge in [0, 0.05) is 19.2 Å². The largest absolute Gasteiger partial charge is 0.497 e. The minimum Gasteiger partial charge on any atom is -0.497 e. The molecule has 3 rings (SSSR count). The summed E-state index contributed by atoms with van der Waals surface area (Å²) in [4.78, 5) is 33.3. The van der Waals surface area contributed by atoms with Crippen LogP contribution in [0.3, 0.4) is 0 Å². The maximum Gasteiger partial charge on any atom is 0.286 e. The molecular formula is C23H29ClN4O6S. The minimum absolute atomic E-state index is 0. The highest BCUT2D eigenvalue weighted by Crippen LogP contribution is 2.37. The zero-order valence-corrected chi connectivity index (χ0v) is 21.9. The van der Waals surface area contributed by atoms with Gasteiger partial charge in [-0.05, 0) is 31.3 Å². The molecule has 2 aromatic carbocycles. The fourth-order valence-electron chi connectivity index (χ4n) is 3.54. The summed E-state index contributed by atoms with van der Waals surface area (Å²) in [7, 11) is 4.38. The first-order valence-corrected chi connectivity index (χ1v) is 11.6. The second-order valence-corrected chi connectivity index (χ2v) is 8.30. The number of carbonyl (C=O) groups is 1. The Hall–Kier alpha value is -3.15. The van der Waals surface area contributed by atoms with Gasteiger partial charge in [0.2, 0.25) is 0 Å². The topological polar surface area (TPSA) is 107 Å². The first kappa shape index (κ1) is 28.1. The molecule has 0 N–H and O–H groups in total. The zero-order valence-electron chi connectivity index (χ0n) is 20.3. The van der Waals surface area contributed by atoms with Crippen LogP contribution >= 0.6 is 23.7 Å². The number of likely N-dealkylation sites (N-methyl/N-ethyl adjacent to an activating group) is 1. The highest BCUT2D eigenvalue weighted by atomic mass is 35.5. The van der Waals surface area contributed by atoms with Crippen molar-refractivity contribution >= 4 is 50.7 Å². The van der Waals surface area contributed by atoms with Gasteiger partial charge in [0.25, 0.3) is 11.6 Å². The smallest absolute Gasteiger partial charge is 0.286 e. The molecular weight excluding hydrogens is 496 g/mol. The molecule has 0 saturated heterocycles. The molecule has 1 aromatic heterocycles. The van der Waals surface area contributed by atoms with Crippen LogP contribution in [-0.2, 0) is 0 Å². The fourth-order valence-corrected chi connectivity index (χ4v) is 4.55. The highest BCUT2D eigenvalue weighted by Gasteiger charge is 2.30. The third-order valence-corrected chi connectivity index (χ3v) is 6.56. The summed E-state index contributed by atoms with van der Waals surface area (Å²) in [5.74, 6) is 0.548. The van der Waals surface area contributed by atoms with Crippen molar-refractivity contribution in [1.82, 2.24) is 9.88 Å². The van der Waals surface area contributed by atoms with Gasteiger partial charge in [-0.15, -0.1) is 12.4 Å². The normalized spacial score (nSPS) is 10.7. The Morgan fingerprint density at radius 2 is 1.69 bits per heavy atom. The van der Waals surface area contributed by atoms with Crippen molar-refractivity contribution in [3.05, 3.63) is 46.0 Å². The second kappa shape index (κ2) is 12.5. The maximum absolute atomic E-state index is 13.8. The third kappa shape index (κ3) is 6.11. The Labute approximate surface area is 214 Å². The second-order valence-electron chi connectivity index (χ2n) is 7.30. The molecule has 1 amide bonds. The molecule has 1 heterocycles. The first-order valence-electron chi connectivity index (χ1n) is 10.8. The molecule has 0 aliphatic carbocycles. The number of rotatable bonds is 11. The van der Waals surface area contributed by atoms with Gasteiger partial charge < -0.3 is 19.1 Å². The number of methoxy groups -OCH3 is 3. The van der Waals surface area contributed by atoms with E-state index in [2.05, 4.69) is 9.88 Å². The monoisotopic (exact) mass is 524 g/mol. The number of fused-ring (bicyclic) bond motifs is 1. The van der Waals surface area contributed by atoms with Crippen LogP contribution in [0.15, 0.2) is 30.3 Å². The van der Waals surface area contributed by atoms with E-state index in [-0.39, 0.29) is 35.2 Å². The fraction of sp³-hybridized carbons (Fsp3) is 0.391. The summed E-state index contributed by atoms with van der Waals surface area (Å²) in [5, 5.41) is 12.3. The number of ether oxygens (including phenoxy) is 3. The lowest BCUT2D eigenvalue weighted by molar-refractivity contribution is -0.385. The number of nitrogens with zero attached hydrogens (tertiary/aromatic N) is 4. The van der Waals surface area contributed by atoms with E-state index in [0.717, 1.165) is 17.8 Å². The number of aromatic nitrogens is 1. The molecule has 0 aliphatic rings. The van der Waals surface area contributed by atoms with Crippen molar-refractivity contribution in [2.45, 2.75) is 13.8 Å². The summed E-state index contributed by atoms with van der Waals surface area (Å²) in [6.07, 6.45) is 0. The Kier molecular flexibility index (Phi) is 10.1. The number of amides is 1. The molecule has 0 bridgehead atoms. The van der Waals surface area contributed by atoms with Crippen LogP contribution in [0.25, 0.3) is 10.2 Å². The quantitative estimate of drug-likeness (QED) is 0.264. The number of anilines is 1. The van der Waals surface area contributed by atoms with Crippen LogP contribution in [0, 0.1) is 10.1 Å². The number of halogens is 1. The SMILES string of the molecule is CCN(CC)CCN(C(=O)c1cc(OC)c(OC)cc1[N+](=O)[O-])c1nc2ccc(OC)cc2s1.Cl. The summed E-state index contributed by atoms with van der Waals surface area (Å²) < 4.78 is 16.6. The lowest BCUT2D eigenvalue weighted by Gasteiger charge is -2.25. The van der Waals surface area contributed by atoms with Crippen LogP contribution in [0.5, 0.6) is 17.2 Å². The van der Waals surface area contributed by atoms with E-state index >= 15 is 0 Å². The summed E-state index contributed by atoms with van der Waals surface area (Å²) >= 11 is 1.33. The molecule has 0 fully saturated rings. The van der Waals surface area contributed by atoms with E-state index in [9.17, 15) is 14.9 Å². The van der Waals surface area contributed by atoms with Crippen LogP contribution in [0.2, 0.25) is 0 Å². The van der Waals surface area contributed by atoms with Crippen molar-refractivity contribution in [3.8, 4) is 17.2 Å². The number of thiazole rings is 1. The molecule has 0 atom stereocenters. The van der Waals surface area contributed by atoms with Gasteiger partial charge in [0.05, 0.1) is 42.5 Å². The van der Waals surface area contributed by atoms with Gasteiger partial charge in [-0.25, -0.2) is 4.98 Å². The Morgan fingerprint density at radius 1 is 1.03 bits per heavy atom. The molecule has 12 heteroatoms. The van der Waals surface area contributed by atoms with Gasteiger partial charge in [-0.2, -0.15) is 0 Å². The van der Waals surface area contributed by atoms with E-state index < -0.39 is 10.8 Å². The van der Waals surface area contributed by atoms with E-state index in [1.165, 1.54) is 42.6 Å². The molecule has 0 aliphatic heterocycles. The molecule has 3 aromatic rings. The standard InChI is InChI=1S/C23H28N4O6S.ClH/c1-6-25(7-2)10-11-26(23-24-17-9-8-15(31-3)12-21(17)34-23)22(28)16-13-19(32-4)20(33-5)14-18(16)27(29)30;/h8-9,12-14H,6-7,10-11H2,1-5H3;1H. The molecule has 190 valence electrons. The van der Waals surface area contributed by atoms with Crippen LogP contribution in [0.4, 0.5) is 10.8 Å². The number of carbonyl (C=O) groups excluding carboxylic acids is 1. The number of hydrogen-bond donors (Lipinski definition) is 0.